The Labute approximate surface area is 83.5 Å². The van der Waals surface area contributed by atoms with Crippen LogP contribution in [0.4, 0.5) is 0 Å². The van der Waals surface area contributed by atoms with E-state index in [1.807, 2.05) is 19.2 Å². The van der Waals surface area contributed by atoms with Crippen molar-refractivity contribution in [1.82, 2.24) is 10.6 Å². The highest BCUT2D eigenvalue weighted by molar-refractivity contribution is 5.98. The van der Waals surface area contributed by atoms with Crippen LogP contribution in [0.1, 0.15) is 34.5 Å². The Morgan fingerprint density at radius 2 is 2.29 bits per heavy atom. The molecule has 3 nitrogen and oxygen atoms in total. The largest absolute Gasteiger partial charge is 0.348 e. The Morgan fingerprint density at radius 1 is 1.50 bits per heavy atom. The summed E-state index contributed by atoms with van der Waals surface area (Å²) in [6.45, 7) is 2.77. The molecule has 0 aromatic heterocycles. The average molecular weight is 190 g/mol. The molecule has 1 heterocycles. The van der Waals surface area contributed by atoms with E-state index in [2.05, 4.69) is 23.6 Å². The zero-order valence-corrected chi connectivity index (χ0v) is 8.42. The normalized spacial score (nSPS) is 16.3. The molecule has 0 saturated carbocycles. The molecular formula is C11H14N2O. The molecule has 1 aliphatic rings. The molecule has 0 saturated heterocycles. The van der Waals surface area contributed by atoms with Gasteiger partial charge in [-0.25, -0.2) is 0 Å². The number of hydrogen-bond acceptors (Lipinski definition) is 2. The van der Waals surface area contributed by atoms with Crippen molar-refractivity contribution in [3.05, 3.63) is 34.9 Å². The first kappa shape index (κ1) is 9.21. The SMILES string of the molecule is CNC(C)c1ccc2c(c1)CNC2=O. The maximum atomic E-state index is 11.3. The predicted molar refractivity (Wildman–Crippen MR) is 55.1 cm³/mol. The summed E-state index contributed by atoms with van der Waals surface area (Å²) in [4.78, 5) is 11.3. The lowest BCUT2D eigenvalue weighted by Gasteiger charge is -2.11. The highest BCUT2D eigenvalue weighted by Gasteiger charge is 2.19. The molecule has 0 bridgehead atoms. The van der Waals surface area contributed by atoms with E-state index >= 15 is 0 Å². The van der Waals surface area contributed by atoms with Gasteiger partial charge >= 0.3 is 0 Å². The number of carbonyl (C=O) groups excluding carboxylic acids is 1. The van der Waals surface area contributed by atoms with E-state index in [9.17, 15) is 4.79 Å². The number of fused-ring (bicyclic) bond motifs is 1. The lowest BCUT2D eigenvalue weighted by atomic mass is 10.0. The van der Waals surface area contributed by atoms with Gasteiger partial charge < -0.3 is 10.6 Å². The lowest BCUT2D eigenvalue weighted by Crippen LogP contribution is -2.12. The molecule has 0 fully saturated rings. The standard InChI is InChI=1S/C11H14N2O/c1-7(12-2)8-3-4-10-9(5-8)6-13-11(10)14/h3-5,7,12H,6H2,1-2H3,(H,13,14). The topological polar surface area (TPSA) is 41.1 Å². The van der Waals surface area contributed by atoms with Crippen LogP contribution >= 0.6 is 0 Å². The van der Waals surface area contributed by atoms with Gasteiger partial charge in [0, 0.05) is 18.2 Å². The van der Waals surface area contributed by atoms with Crippen LogP contribution in [0.5, 0.6) is 0 Å². The molecular weight excluding hydrogens is 176 g/mol. The summed E-state index contributed by atoms with van der Waals surface area (Å²) in [6, 6.07) is 6.33. The van der Waals surface area contributed by atoms with Crippen LogP contribution in [0.2, 0.25) is 0 Å². The highest BCUT2D eigenvalue weighted by Crippen LogP contribution is 2.20. The van der Waals surface area contributed by atoms with Crippen LogP contribution in [0.25, 0.3) is 0 Å². The van der Waals surface area contributed by atoms with Crippen LogP contribution in [0, 0.1) is 0 Å². The minimum absolute atomic E-state index is 0.0451. The van der Waals surface area contributed by atoms with Crippen LogP contribution in [-0.4, -0.2) is 13.0 Å². The van der Waals surface area contributed by atoms with E-state index in [0.717, 1.165) is 11.1 Å². The molecule has 0 radical (unpaired) electrons. The first-order chi connectivity index (χ1) is 6.72. The molecule has 1 atom stereocenters. The van der Waals surface area contributed by atoms with Gasteiger partial charge in [-0.2, -0.15) is 0 Å². The molecule has 0 spiro atoms. The summed E-state index contributed by atoms with van der Waals surface area (Å²) in [7, 11) is 1.93. The highest BCUT2D eigenvalue weighted by atomic mass is 16.1. The molecule has 1 aromatic rings. The smallest absolute Gasteiger partial charge is 0.251 e. The molecule has 2 rings (SSSR count). The Bertz CT molecular complexity index is 374. The van der Waals surface area contributed by atoms with Gasteiger partial charge in [-0.15, -0.1) is 0 Å². The molecule has 1 aromatic carbocycles. The van der Waals surface area contributed by atoms with Crippen LogP contribution < -0.4 is 10.6 Å². The number of hydrogen-bond donors (Lipinski definition) is 2. The summed E-state index contributed by atoms with van der Waals surface area (Å²) in [5.74, 6) is 0.0451. The minimum Gasteiger partial charge on any atom is -0.348 e. The Hall–Kier alpha value is -1.35. The number of nitrogens with one attached hydrogen (secondary N) is 2. The van der Waals surface area contributed by atoms with Crippen molar-refractivity contribution in [2.75, 3.05) is 7.05 Å². The Balaban J connectivity index is 2.37. The number of carbonyl (C=O) groups is 1. The summed E-state index contributed by atoms with van der Waals surface area (Å²) in [5.41, 5.74) is 3.15. The molecule has 0 aliphatic carbocycles. The molecule has 74 valence electrons. The maximum absolute atomic E-state index is 11.3. The van der Waals surface area contributed by atoms with Gasteiger partial charge in [-0.1, -0.05) is 12.1 Å². The molecule has 1 aliphatic heterocycles. The van der Waals surface area contributed by atoms with Gasteiger partial charge in [0.25, 0.3) is 5.91 Å². The van der Waals surface area contributed by atoms with Gasteiger partial charge in [0.15, 0.2) is 0 Å². The van der Waals surface area contributed by atoms with Gasteiger partial charge in [-0.3, -0.25) is 4.79 Å². The summed E-state index contributed by atoms with van der Waals surface area (Å²) in [6.07, 6.45) is 0. The van der Waals surface area contributed by atoms with Crippen LogP contribution in [-0.2, 0) is 6.54 Å². The minimum atomic E-state index is 0.0451. The predicted octanol–water partition coefficient (Wildman–Crippen LogP) is 1.21. The number of rotatable bonds is 2. The fourth-order valence-electron chi connectivity index (χ4n) is 1.69. The second kappa shape index (κ2) is 3.42. The Kier molecular flexibility index (Phi) is 2.25. The maximum Gasteiger partial charge on any atom is 0.251 e. The van der Waals surface area contributed by atoms with Crippen molar-refractivity contribution < 1.29 is 4.79 Å². The molecule has 1 unspecified atom stereocenters. The van der Waals surface area contributed by atoms with Crippen molar-refractivity contribution in [1.29, 1.82) is 0 Å². The fraction of sp³-hybridized carbons (Fsp3) is 0.364. The lowest BCUT2D eigenvalue weighted by molar-refractivity contribution is 0.0966. The van der Waals surface area contributed by atoms with Crippen molar-refractivity contribution in [3.8, 4) is 0 Å². The number of amides is 1. The summed E-state index contributed by atoms with van der Waals surface area (Å²) >= 11 is 0. The van der Waals surface area contributed by atoms with Gasteiger partial charge in [0.2, 0.25) is 0 Å². The fourth-order valence-corrected chi connectivity index (χ4v) is 1.69. The van der Waals surface area contributed by atoms with Crippen molar-refractivity contribution in [2.45, 2.75) is 19.5 Å². The second-order valence-electron chi connectivity index (χ2n) is 3.61. The van der Waals surface area contributed by atoms with Crippen molar-refractivity contribution >= 4 is 5.91 Å². The van der Waals surface area contributed by atoms with Crippen molar-refractivity contribution in [2.24, 2.45) is 0 Å². The molecule has 14 heavy (non-hydrogen) atoms. The molecule has 1 amide bonds. The number of benzene rings is 1. The third-order valence-corrected chi connectivity index (χ3v) is 2.75. The quantitative estimate of drug-likeness (QED) is 0.736. The van der Waals surface area contributed by atoms with Crippen molar-refractivity contribution in [3.63, 3.8) is 0 Å². The monoisotopic (exact) mass is 190 g/mol. The average Bonchev–Trinajstić information content (AvgIpc) is 2.59. The first-order valence-electron chi connectivity index (χ1n) is 4.80. The van der Waals surface area contributed by atoms with Gasteiger partial charge in [-0.05, 0) is 31.2 Å². The molecule has 2 N–H and O–H groups in total. The summed E-state index contributed by atoms with van der Waals surface area (Å²) in [5, 5.41) is 5.99. The van der Waals surface area contributed by atoms with E-state index in [0.29, 0.717) is 12.6 Å². The van der Waals surface area contributed by atoms with Crippen LogP contribution in [0.15, 0.2) is 18.2 Å². The van der Waals surface area contributed by atoms with E-state index < -0.39 is 0 Å². The zero-order chi connectivity index (χ0) is 10.1. The molecule has 3 heteroatoms. The van der Waals surface area contributed by atoms with E-state index in [1.54, 1.807) is 0 Å². The van der Waals surface area contributed by atoms with Crippen LogP contribution in [0.3, 0.4) is 0 Å². The summed E-state index contributed by atoms with van der Waals surface area (Å²) < 4.78 is 0. The van der Waals surface area contributed by atoms with Gasteiger partial charge in [0.05, 0.1) is 0 Å². The Morgan fingerprint density at radius 3 is 3.00 bits per heavy atom. The van der Waals surface area contributed by atoms with E-state index in [4.69, 9.17) is 0 Å². The third kappa shape index (κ3) is 1.40. The first-order valence-corrected chi connectivity index (χ1v) is 4.80. The van der Waals surface area contributed by atoms with Gasteiger partial charge in [0.1, 0.15) is 0 Å². The van der Waals surface area contributed by atoms with E-state index in [1.165, 1.54) is 5.56 Å². The van der Waals surface area contributed by atoms with E-state index in [-0.39, 0.29) is 5.91 Å². The second-order valence-corrected chi connectivity index (χ2v) is 3.61. The third-order valence-electron chi connectivity index (χ3n) is 2.75. The zero-order valence-electron chi connectivity index (χ0n) is 8.42.